The zero-order valence-corrected chi connectivity index (χ0v) is 14.8. The summed E-state index contributed by atoms with van der Waals surface area (Å²) >= 11 is 5.29. The molecular formula is C18H18N4O2S. The van der Waals surface area contributed by atoms with Crippen molar-refractivity contribution in [1.82, 2.24) is 14.9 Å². The van der Waals surface area contributed by atoms with E-state index in [9.17, 15) is 0 Å². The van der Waals surface area contributed by atoms with Gasteiger partial charge >= 0.3 is 0 Å². The number of aromatic amines is 1. The summed E-state index contributed by atoms with van der Waals surface area (Å²) in [6, 6.07) is 15.3. The first-order valence-corrected chi connectivity index (χ1v) is 8.21. The number of H-pyrrole nitrogens is 1. The minimum atomic E-state index is 0.412. The Bertz CT molecular complexity index is 929. The Morgan fingerprint density at radius 2 is 1.96 bits per heavy atom. The Balaban J connectivity index is 1.94. The molecule has 1 heterocycles. The van der Waals surface area contributed by atoms with Crippen LogP contribution in [-0.4, -0.2) is 34.8 Å². The maximum Gasteiger partial charge on any atom is 0.216 e. The van der Waals surface area contributed by atoms with Crippen LogP contribution >= 0.6 is 12.2 Å². The van der Waals surface area contributed by atoms with Crippen molar-refractivity contribution in [3.8, 4) is 22.9 Å². The van der Waals surface area contributed by atoms with Crippen LogP contribution in [0.2, 0.25) is 0 Å². The van der Waals surface area contributed by atoms with Crippen molar-refractivity contribution in [1.29, 1.82) is 0 Å². The van der Waals surface area contributed by atoms with Gasteiger partial charge in [0.2, 0.25) is 4.77 Å². The monoisotopic (exact) mass is 354 g/mol. The highest BCUT2D eigenvalue weighted by Crippen LogP contribution is 2.21. The van der Waals surface area contributed by atoms with E-state index in [1.54, 1.807) is 18.0 Å². The van der Waals surface area contributed by atoms with Gasteiger partial charge in [-0.1, -0.05) is 12.1 Å². The van der Waals surface area contributed by atoms with Crippen LogP contribution in [0.1, 0.15) is 12.5 Å². The number of hydrogen-bond acceptors (Lipinski definition) is 5. The van der Waals surface area contributed by atoms with Gasteiger partial charge in [0.1, 0.15) is 11.5 Å². The molecule has 0 aliphatic rings. The number of hydrogen-bond donors (Lipinski definition) is 1. The number of aromatic nitrogens is 3. The molecule has 0 saturated carbocycles. The quantitative estimate of drug-likeness (QED) is 0.539. The molecule has 25 heavy (non-hydrogen) atoms. The van der Waals surface area contributed by atoms with Gasteiger partial charge in [0.15, 0.2) is 5.82 Å². The summed E-state index contributed by atoms with van der Waals surface area (Å²) in [6.45, 7) is 2.58. The molecule has 0 radical (unpaired) electrons. The molecule has 6 nitrogen and oxygen atoms in total. The molecule has 0 unspecified atom stereocenters. The summed E-state index contributed by atoms with van der Waals surface area (Å²) in [5.74, 6) is 2.17. The van der Waals surface area contributed by atoms with E-state index in [1.807, 2.05) is 55.5 Å². The molecule has 1 N–H and O–H groups in total. The van der Waals surface area contributed by atoms with Crippen LogP contribution in [0.4, 0.5) is 0 Å². The number of nitrogens with zero attached hydrogens (tertiary/aromatic N) is 3. The highest BCUT2D eigenvalue weighted by atomic mass is 32.1. The van der Waals surface area contributed by atoms with Gasteiger partial charge in [-0.05, 0) is 55.5 Å². The van der Waals surface area contributed by atoms with Gasteiger partial charge in [0.05, 0.1) is 19.9 Å². The lowest BCUT2D eigenvalue weighted by molar-refractivity contribution is 0.340. The summed E-state index contributed by atoms with van der Waals surface area (Å²) < 4.78 is 12.8. The second-order valence-corrected chi connectivity index (χ2v) is 5.49. The Morgan fingerprint density at radius 3 is 2.68 bits per heavy atom. The normalized spacial score (nSPS) is 11.0. The van der Waals surface area contributed by atoms with Crippen LogP contribution in [0.5, 0.6) is 11.5 Å². The molecule has 0 atom stereocenters. The van der Waals surface area contributed by atoms with E-state index in [0.29, 0.717) is 17.2 Å². The summed E-state index contributed by atoms with van der Waals surface area (Å²) in [4.78, 5) is 0. The van der Waals surface area contributed by atoms with Crippen molar-refractivity contribution in [2.24, 2.45) is 5.10 Å². The third kappa shape index (κ3) is 3.77. The second-order valence-electron chi connectivity index (χ2n) is 5.11. The largest absolute Gasteiger partial charge is 0.496 e. The van der Waals surface area contributed by atoms with Crippen molar-refractivity contribution in [2.75, 3.05) is 13.7 Å². The molecule has 1 aromatic heterocycles. The van der Waals surface area contributed by atoms with Gasteiger partial charge in [-0.15, -0.1) is 0 Å². The van der Waals surface area contributed by atoms with Crippen molar-refractivity contribution in [2.45, 2.75) is 6.92 Å². The molecule has 2 aromatic carbocycles. The summed E-state index contributed by atoms with van der Waals surface area (Å²) in [5.41, 5.74) is 1.73. The van der Waals surface area contributed by atoms with Gasteiger partial charge in [0, 0.05) is 11.1 Å². The fraction of sp³-hybridized carbons (Fsp3) is 0.167. The first kappa shape index (κ1) is 16.9. The van der Waals surface area contributed by atoms with Gasteiger partial charge in [0.25, 0.3) is 0 Å². The summed E-state index contributed by atoms with van der Waals surface area (Å²) in [7, 11) is 1.63. The minimum Gasteiger partial charge on any atom is -0.496 e. The number of benzene rings is 2. The summed E-state index contributed by atoms with van der Waals surface area (Å²) in [6.07, 6.45) is 1.70. The second kappa shape index (κ2) is 7.76. The fourth-order valence-corrected chi connectivity index (χ4v) is 2.52. The van der Waals surface area contributed by atoms with Crippen molar-refractivity contribution < 1.29 is 9.47 Å². The molecule has 0 saturated heterocycles. The lowest BCUT2D eigenvalue weighted by Gasteiger charge is -2.05. The van der Waals surface area contributed by atoms with E-state index in [2.05, 4.69) is 15.3 Å². The Hall–Kier alpha value is -2.93. The van der Waals surface area contributed by atoms with Gasteiger partial charge in [-0.25, -0.2) is 5.10 Å². The van der Waals surface area contributed by atoms with Crippen LogP contribution < -0.4 is 9.47 Å². The van der Waals surface area contributed by atoms with Crippen LogP contribution in [-0.2, 0) is 0 Å². The first-order chi connectivity index (χ1) is 12.2. The van der Waals surface area contributed by atoms with E-state index in [0.717, 1.165) is 22.6 Å². The first-order valence-electron chi connectivity index (χ1n) is 7.81. The molecule has 7 heteroatoms. The average molecular weight is 354 g/mol. The Labute approximate surface area is 150 Å². The third-order valence-electron chi connectivity index (χ3n) is 3.53. The standard InChI is InChI=1S/C18H18N4O2S/c1-3-24-15-10-8-13(9-11-15)17-20-21-18(25)22(17)19-12-14-6-4-5-7-16(14)23-2/h4-12H,3H2,1-2H3,(H,21,25). The molecule has 128 valence electrons. The van der Waals surface area contributed by atoms with Crippen LogP contribution in [0.3, 0.4) is 0 Å². The smallest absolute Gasteiger partial charge is 0.216 e. The fourth-order valence-electron chi connectivity index (χ4n) is 2.35. The maximum absolute atomic E-state index is 5.46. The minimum absolute atomic E-state index is 0.412. The van der Waals surface area contributed by atoms with Crippen LogP contribution in [0, 0.1) is 4.77 Å². The Morgan fingerprint density at radius 1 is 1.20 bits per heavy atom. The van der Waals surface area contributed by atoms with Crippen LogP contribution in [0.25, 0.3) is 11.4 Å². The van der Waals surface area contributed by atoms with Crippen molar-refractivity contribution in [3.05, 3.63) is 58.9 Å². The molecular weight excluding hydrogens is 336 g/mol. The maximum atomic E-state index is 5.46. The molecule has 0 aliphatic carbocycles. The number of rotatable bonds is 6. The average Bonchev–Trinajstić information content (AvgIpc) is 3.01. The predicted molar refractivity (Wildman–Crippen MR) is 100 cm³/mol. The van der Waals surface area contributed by atoms with Gasteiger partial charge in [-0.2, -0.15) is 14.9 Å². The van der Waals surface area contributed by atoms with Gasteiger partial charge in [-0.3, -0.25) is 0 Å². The summed E-state index contributed by atoms with van der Waals surface area (Å²) in [5, 5.41) is 11.5. The number of ether oxygens (including phenoxy) is 2. The molecule has 3 rings (SSSR count). The lowest BCUT2D eigenvalue weighted by Crippen LogP contribution is -1.97. The molecule has 0 fully saturated rings. The van der Waals surface area contributed by atoms with Crippen LogP contribution in [0.15, 0.2) is 53.6 Å². The molecule has 0 amide bonds. The topological polar surface area (TPSA) is 64.4 Å². The number of para-hydroxylation sites is 1. The molecule has 0 spiro atoms. The third-order valence-corrected chi connectivity index (χ3v) is 3.79. The Kier molecular flexibility index (Phi) is 5.25. The van der Waals surface area contributed by atoms with E-state index in [1.165, 1.54) is 0 Å². The zero-order chi connectivity index (χ0) is 17.6. The van der Waals surface area contributed by atoms with E-state index >= 15 is 0 Å². The zero-order valence-electron chi connectivity index (χ0n) is 14.0. The van der Waals surface area contributed by atoms with E-state index in [4.69, 9.17) is 21.7 Å². The van der Waals surface area contributed by atoms with E-state index in [-0.39, 0.29) is 0 Å². The van der Waals surface area contributed by atoms with Crippen molar-refractivity contribution >= 4 is 18.4 Å². The van der Waals surface area contributed by atoms with Crippen molar-refractivity contribution in [3.63, 3.8) is 0 Å². The molecule has 3 aromatic rings. The highest BCUT2D eigenvalue weighted by molar-refractivity contribution is 7.71. The van der Waals surface area contributed by atoms with E-state index < -0.39 is 0 Å². The molecule has 0 bridgehead atoms. The lowest BCUT2D eigenvalue weighted by atomic mass is 10.2. The SMILES string of the molecule is CCOc1ccc(-c2n[nH]c(=S)n2N=Cc2ccccc2OC)cc1. The highest BCUT2D eigenvalue weighted by Gasteiger charge is 2.08. The van der Waals surface area contributed by atoms with Gasteiger partial charge < -0.3 is 9.47 Å². The molecule has 0 aliphatic heterocycles. The number of nitrogens with one attached hydrogen (secondary N) is 1. The predicted octanol–water partition coefficient (Wildman–Crippen LogP) is 3.90. The number of methoxy groups -OCH3 is 1.